The van der Waals surface area contributed by atoms with E-state index in [2.05, 4.69) is 0 Å². The first-order valence-electron chi connectivity index (χ1n) is 7.89. The van der Waals surface area contributed by atoms with Crippen LogP contribution < -0.4 is 9.64 Å². The number of amides is 1. The number of non-ortho nitro benzene ring substituents is 1. The van der Waals surface area contributed by atoms with Crippen molar-refractivity contribution in [1.82, 2.24) is 0 Å². The second-order valence-corrected chi connectivity index (χ2v) is 5.31. The molecule has 0 radical (unpaired) electrons. The Balaban J connectivity index is 2.55. The minimum absolute atomic E-state index is 0.177. The van der Waals surface area contributed by atoms with Crippen LogP contribution in [0.15, 0.2) is 18.2 Å². The molecule has 1 aliphatic rings. The fourth-order valence-electron chi connectivity index (χ4n) is 2.66. The summed E-state index contributed by atoms with van der Waals surface area (Å²) in [7, 11) is 0. The van der Waals surface area contributed by atoms with E-state index in [9.17, 15) is 19.7 Å². The number of nitro benzene ring substituents is 1. The molecule has 8 nitrogen and oxygen atoms in total. The average Bonchev–Trinajstić information content (AvgIpc) is 2.56. The lowest BCUT2D eigenvalue weighted by atomic mass is 10.1. The molecular formula is C16H20N2O6. The quantitative estimate of drug-likeness (QED) is 0.449. The normalized spacial score (nSPS) is 17.7. The standard InChI is InChI=1S/C16H20N2O6/c1-4-11(16(20)23-6-3)17-12-9-10(18(21)22)7-8-14(12)24-13(5-2)15(17)19/h7-9,11,13H,4-6H2,1-3H3. The molecule has 1 aliphatic heterocycles. The Hall–Kier alpha value is -2.64. The Morgan fingerprint density at radius 3 is 2.67 bits per heavy atom. The van der Waals surface area contributed by atoms with E-state index in [4.69, 9.17) is 9.47 Å². The van der Waals surface area contributed by atoms with Crippen molar-refractivity contribution in [3.63, 3.8) is 0 Å². The van der Waals surface area contributed by atoms with Gasteiger partial charge in [0, 0.05) is 12.1 Å². The number of hydrogen-bond acceptors (Lipinski definition) is 6. The fourth-order valence-corrected chi connectivity index (χ4v) is 2.66. The maximum atomic E-state index is 12.7. The van der Waals surface area contributed by atoms with Crippen LogP contribution in [-0.4, -0.2) is 35.6 Å². The molecule has 0 saturated heterocycles. The van der Waals surface area contributed by atoms with Crippen LogP contribution in [0.1, 0.15) is 33.6 Å². The fraction of sp³-hybridized carbons (Fsp3) is 0.500. The van der Waals surface area contributed by atoms with Crippen molar-refractivity contribution in [3.8, 4) is 5.75 Å². The first-order chi connectivity index (χ1) is 11.4. The maximum absolute atomic E-state index is 12.7. The molecule has 0 aromatic heterocycles. The van der Waals surface area contributed by atoms with E-state index < -0.39 is 28.9 Å². The summed E-state index contributed by atoms with van der Waals surface area (Å²) in [5, 5.41) is 11.0. The number of ether oxygens (including phenoxy) is 2. The molecule has 1 aromatic rings. The Morgan fingerprint density at radius 1 is 1.42 bits per heavy atom. The number of hydrogen-bond donors (Lipinski definition) is 0. The zero-order valence-electron chi connectivity index (χ0n) is 13.9. The summed E-state index contributed by atoms with van der Waals surface area (Å²) in [5.41, 5.74) is 0.0441. The molecule has 1 amide bonds. The third kappa shape index (κ3) is 3.17. The van der Waals surface area contributed by atoms with Gasteiger partial charge in [-0.1, -0.05) is 13.8 Å². The van der Waals surface area contributed by atoms with Gasteiger partial charge in [-0.2, -0.15) is 0 Å². The van der Waals surface area contributed by atoms with Gasteiger partial charge < -0.3 is 9.47 Å². The van der Waals surface area contributed by atoms with Gasteiger partial charge in [0.2, 0.25) is 0 Å². The Morgan fingerprint density at radius 2 is 2.12 bits per heavy atom. The van der Waals surface area contributed by atoms with Crippen molar-refractivity contribution in [1.29, 1.82) is 0 Å². The summed E-state index contributed by atoms with van der Waals surface area (Å²) in [6.45, 7) is 5.41. The van der Waals surface area contributed by atoms with Crippen molar-refractivity contribution >= 4 is 23.3 Å². The minimum atomic E-state index is -0.851. The molecule has 2 unspecified atom stereocenters. The van der Waals surface area contributed by atoms with Crippen molar-refractivity contribution in [3.05, 3.63) is 28.3 Å². The SMILES string of the molecule is CCOC(=O)C(CC)N1C(=O)C(CC)Oc2ccc([N+](=O)[O-])cc21. The molecule has 24 heavy (non-hydrogen) atoms. The molecule has 0 bridgehead atoms. The number of anilines is 1. The number of rotatable bonds is 6. The number of benzene rings is 1. The van der Waals surface area contributed by atoms with Crippen molar-refractivity contribution in [2.75, 3.05) is 11.5 Å². The van der Waals surface area contributed by atoms with Crippen molar-refractivity contribution < 1.29 is 24.0 Å². The van der Waals surface area contributed by atoms with E-state index in [1.165, 1.54) is 23.1 Å². The molecule has 0 N–H and O–H groups in total. The number of nitro groups is 1. The summed E-state index contributed by atoms with van der Waals surface area (Å²) in [4.78, 5) is 36.7. The van der Waals surface area contributed by atoms with Gasteiger partial charge in [-0.3, -0.25) is 19.8 Å². The van der Waals surface area contributed by atoms with E-state index >= 15 is 0 Å². The van der Waals surface area contributed by atoms with E-state index in [-0.39, 0.29) is 18.0 Å². The van der Waals surface area contributed by atoms with Crippen molar-refractivity contribution in [2.45, 2.75) is 45.8 Å². The highest BCUT2D eigenvalue weighted by Gasteiger charge is 2.41. The zero-order valence-corrected chi connectivity index (χ0v) is 13.9. The summed E-state index contributed by atoms with van der Waals surface area (Å²) >= 11 is 0. The second-order valence-electron chi connectivity index (χ2n) is 5.31. The topological polar surface area (TPSA) is 99.0 Å². The highest BCUT2D eigenvalue weighted by Crippen LogP contribution is 2.39. The lowest BCUT2D eigenvalue weighted by Crippen LogP contribution is -2.53. The Labute approximate surface area is 139 Å². The molecule has 8 heteroatoms. The second kappa shape index (κ2) is 7.29. The van der Waals surface area contributed by atoms with Crippen LogP contribution in [0.5, 0.6) is 5.75 Å². The minimum Gasteiger partial charge on any atom is -0.478 e. The smallest absolute Gasteiger partial charge is 0.329 e. The molecule has 1 heterocycles. The number of fused-ring (bicyclic) bond motifs is 1. The van der Waals surface area contributed by atoms with Gasteiger partial charge >= 0.3 is 5.97 Å². The number of carbonyl (C=O) groups excluding carboxylic acids is 2. The Bertz CT molecular complexity index is 660. The monoisotopic (exact) mass is 336 g/mol. The molecule has 0 fully saturated rings. The van der Waals surface area contributed by atoms with E-state index in [1.807, 2.05) is 0 Å². The highest BCUT2D eigenvalue weighted by atomic mass is 16.6. The average molecular weight is 336 g/mol. The van der Waals surface area contributed by atoms with Crippen LogP contribution in [0.4, 0.5) is 11.4 Å². The van der Waals surface area contributed by atoms with Crippen LogP contribution in [0.2, 0.25) is 0 Å². The molecular weight excluding hydrogens is 316 g/mol. The summed E-state index contributed by atoms with van der Waals surface area (Å²) in [6.07, 6.45) is 0.0103. The Kier molecular flexibility index (Phi) is 5.38. The van der Waals surface area contributed by atoms with Gasteiger partial charge in [0.1, 0.15) is 11.8 Å². The van der Waals surface area contributed by atoms with E-state index in [1.54, 1.807) is 20.8 Å². The summed E-state index contributed by atoms with van der Waals surface area (Å²) in [5.74, 6) is -0.595. The maximum Gasteiger partial charge on any atom is 0.329 e. The number of carbonyl (C=O) groups is 2. The number of nitrogens with zero attached hydrogens (tertiary/aromatic N) is 2. The molecule has 130 valence electrons. The third-order valence-electron chi connectivity index (χ3n) is 3.82. The summed E-state index contributed by atoms with van der Waals surface area (Å²) < 4.78 is 10.7. The zero-order chi connectivity index (χ0) is 17.9. The lowest BCUT2D eigenvalue weighted by molar-refractivity contribution is -0.384. The molecule has 0 saturated carbocycles. The van der Waals surface area contributed by atoms with Gasteiger partial charge in [0.05, 0.1) is 17.2 Å². The van der Waals surface area contributed by atoms with E-state index in [0.29, 0.717) is 18.6 Å². The lowest BCUT2D eigenvalue weighted by Gasteiger charge is -2.37. The van der Waals surface area contributed by atoms with Crippen LogP contribution >= 0.6 is 0 Å². The van der Waals surface area contributed by atoms with E-state index in [0.717, 1.165) is 0 Å². The molecule has 1 aromatic carbocycles. The molecule has 0 spiro atoms. The predicted octanol–water partition coefficient (Wildman–Crippen LogP) is 2.44. The van der Waals surface area contributed by atoms with Crippen LogP contribution in [0.25, 0.3) is 0 Å². The van der Waals surface area contributed by atoms with Gasteiger partial charge in [-0.15, -0.1) is 0 Å². The van der Waals surface area contributed by atoms with Gasteiger partial charge in [-0.25, -0.2) is 4.79 Å². The first-order valence-corrected chi connectivity index (χ1v) is 7.89. The molecule has 2 rings (SSSR count). The summed E-state index contributed by atoms with van der Waals surface area (Å²) in [6, 6.07) is 3.16. The predicted molar refractivity (Wildman–Crippen MR) is 86.0 cm³/mol. The molecule has 0 aliphatic carbocycles. The van der Waals surface area contributed by atoms with Gasteiger partial charge in [0.15, 0.2) is 6.10 Å². The first kappa shape index (κ1) is 17.7. The van der Waals surface area contributed by atoms with Crippen LogP contribution in [0, 0.1) is 10.1 Å². The largest absolute Gasteiger partial charge is 0.478 e. The van der Waals surface area contributed by atoms with Crippen LogP contribution in [-0.2, 0) is 14.3 Å². The van der Waals surface area contributed by atoms with Gasteiger partial charge in [-0.05, 0) is 25.8 Å². The number of esters is 1. The van der Waals surface area contributed by atoms with Crippen molar-refractivity contribution in [2.24, 2.45) is 0 Å². The third-order valence-corrected chi connectivity index (χ3v) is 3.82. The van der Waals surface area contributed by atoms with Gasteiger partial charge in [0.25, 0.3) is 11.6 Å². The molecule has 2 atom stereocenters. The van der Waals surface area contributed by atoms with Crippen LogP contribution in [0.3, 0.4) is 0 Å². The highest BCUT2D eigenvalue weighted by molar-refractivity contribution is 6.04.